The molecule has 0 aliphatic carbocycles. The monoisotopic (exact) mass is 454 g/mol. The van der Waals surface area contributed by atoms with Crippen LogP contribution in [0.3, 0.4) is 0 Å². The molecule has 4 nitrogen and oxygen atoms in total. The van der Waals surface area contributed by atoms with E-state index in [9.17, 15) is 14.7 Å². The van der Waals surface area contributed by atoms with Crippen molar-refractivity contribution in [2.24, 2.45) is 0 Å². The molecule has 32 heavy (non-hydrogen) atoms. The summed E-state index contributed by atoms with van der Waals surface area (Å²) in [7, 11) is 0. The quantitative estimate of drug-likeness (QED) is 0.110. The molecule has 0 aromatic heterocycles. The van der Waals surface area contributed by atoms with Gasteiger partial charge in [-0.15, -0.1) is 0 Å². The van der Waals surface area contributed by atoms with Crippen LogP contribution in [0.15, 0.2) is 0 Å². The molecule has 0 saturated heterocycles. The molecule has 0 aliphatic heterocycles. The Morgan fingerprint density at radius 1 is 0.562 bits per heavy atom. The number of esters is 1. The fourth-order valence-corrected chi connectivity index (χ4v) is 4.20. The van der Waals surface area contributed by atoms with E-state index in [4.69, 9.17) is 4.74 Å². The van der Waals surface area contributed by atoms with Crippen LogP contribution in [0.4, 0.5) is 0 Å². The third-order valence-corrected chi connectivity index (χ3v) is 6.35. The Hall–Kier alpha value is -1.06. The van der Waals surface area contributed by atoms with Crippen molar-refractivity contribution in [3.8, 4) is 0 Å². The number of carboxylic acids is 1. The van der Waals surface area contributed by atoms with Gasteiger partial charge in [0, 0.05) is 6.42 Å². The first-order chi connectivity index (χ1) is 15.6. The highest BCUT2D eigenvalue weighted by molar-refractivity contribution is 5.77. The fourth-order valence-electron chi connectivity index (χ4n) is 4.20. The van der Waals surface area contributed by atoms with Crippen LogP contribution >= 0.6 is 0 Å². The van der Waals surface area contributed by atoms with Crippen molar-refractivity contribution in [1.29, 1.82) is 0 Å². The van der Waals surface area contributed by atoms with Gasteiger partial charge < -0.3 is 9.84 Å². The number of carbonyl (C=O) groups is 2. The van der Waals surface area contributed by atoms with E-state index in [0.29, 0.717) is 12.8 Å². The molecule has 0 heterocycles. The fraction of sp³-hybridized carbons (Fsp3) is 0.929. The first-order valence-corrected chi connectivity index (χ1v) is 14.0. The summed E-state index contributed by atoms with van der Waals surface area (Å²) in [5.74, 6) is -1.35. The van der Waals surface area contributed by atoms with Gasteiger partial charge in [0.25, 0.3) is 0 Å². The van der Waals surface area contributed by atoms with Gasteiger partial charge in [-0.3, -0.25) is 4.79 Å². The Morgan fingerprint density at radius 2 is 0.906 bits per heavy atom. The molecule has 0 bridgehead atoms. The largest absolute Gasteiger partial charge is 0.479 e. The predicted molar refractivity (Wildman–Crippen MR) is 135 cm³/mol. The van der Waals surface area contributed by atoms with Crippen molar-refractivity contribution in [1.82, 2.24) is 0 Å². The van der Waals surface area contributed by atoms with Crippen LogP contribution in [-0.4, -0.2) is 23.1 Å². The van der Waals surface area contributed by atoms with Gasteiger partial charge in [0.05, 0.1) is 0 Å². The number of hydrogen-bond acceptors (Lipinski definition) is 3. The highest BCUT2D eigenvalue weighted by Crippen LogP contribution is 2.15. The molecule has 0 unspecified atom stereocenters. The summed E-state index contributed by atoms with van der Waals surface area (Å²) in [6.07, 6.45) is 25.5. The first kappa shape index (κ1) is 30.9. The van der Waals surface area contributed by atoms with Crippen molar-refractivity contribution < 1.29 is 19.4 Å². The van der Waals surface area contributed by atoms with Crippen molar-refractivity contribution in [3.63, 3.8) is 0 Å². The molecule has 4 heteroatoms. The van der Waals surface area contributed by atoms with Crippen LogP contribution in [0.5, 0.6) is 0 Å². The van der Waals surface area contributed by atoms with Gasteiger partial charge in [-0.2, -0.15) is 0 Å². The van der Waals surface area contributed by atoms with E-state index in [1.165, 1.54) is 96.3 Å². The third-order valence-electron chi connectivity index (χ3n) is 6.35. The lowest BCUT2D eigenvalue weighted by molar-refractivity contribution is -0.164. The van der Waals surface area contributed by atoms with E-state index in [2.05, 4.69) is 13.8 Å². The maximum atomic E-state index is 12.0. The van der Waals surface area contributed by atoms with Crippen LogP contribution in [0.25, 0.3) is 0 Å². The first-order valence-electron chi connectivity index (χ1n) is 14.0. The van der Waals surface area contributed by atoms with Crippen molar-refractivity contribution in [2.45, 2.75) is 168 Å². The maximum absolute atomic E-state index is 12.0. The van der Waals surface area contributed by atoms with Crippen molar-refractivity contribution in [2.75, 3.05) is 0 Å². The van der Waals surface area contributed by atoms with Gasteiger partial charge in [-0.1, -0.05) is 136 Å². The van der Waals surface area contributed by atoms with Crippen LogP contribution in [0.2, 0.25) is 0 Å². The lowest BCUT2D eigenvalue weighted by Gasteiger charge is -2.13. The minimum Gasteiger partial charge on any atom is -0.479 e. The molecular weight excluding hydrogens is 400 g/mol. The van der Waals surface area contributed by atoms with E-state index in [-0.39, 0.29) is 5.97 Å². The van der Waals surface area contributed by atoms with Gasteiger partial charge in [-0.05, 0) is 19.3 Å². The van der Waals surface area contributed by atoms with E-state index in [1.54, 1.807) is 0 Å². The number of carboxylic acid groups (broad SMARTS) is 1. The summed E-state index contributed by atoms with van der Waals surface area (Å²) in [6, 6.07) is 0. The number of ether oxygens (including phenoxy) is 1. The summed E-state index contributed by atoms with van der Waals surface area (Å²) in [6.45, 7) is 4.48. The molecule has 0 aliphatic rings. The smallest absolute Gasteiger partial charge is 0.345 e. The SMILES string of the molecule is CCCCCCCCCCCCCC[C@H](OC(=O)CCCCCCCCCCC)C(=O)O. The highest BCUT2D eigenvalue weighted by atomic mass is 16.6. The number of rotatable bonds is 25. The lowest BCUT2D eigenvalue weighted by Crippen LogP contribution is -2.27. The van der Waals surface area contributed by atoms with Gasteiger partial charge >= 0.3 is 11.9 Å². The minimum absolute atomic E-state index is 0.345. The average molecular weight is 455 g/mol. The second kappa shape index (κ2) is 24.6. The van der Waals surface area contributed by atoms with Gasteiger partial charge in [0.1, 0.15) is 0 Å². The highest BCUT2D eigenvalue weighted by Gasteiger charge is 2.21. The Kier molecular flexibility index (Phi) is 23.8. The number of carbonyl (C=O) groups excluding carboxylic acids is 1. The minimum atomic E-state index is -1.01. The van der Waals surface area contributed by atoms with Gasteiger partial charge in [0.2, 0.25) is 0 Å². The third kappa shape index (κ3) is 22.1. The van der Waals surface area contributed by atoms with E-state index >= 15 is 0 Å². The topological polar surface area (TPSA) is 63.6 Å². The van der Waals surface area contributed by atoms with Crippen LogP contribution in [0, 0.1) is 0 Å². The zero-order valence-corrected chi connectivity index (χ0v) is 21.5. The Bertz CT molecular complexity index is 422. The molecule has 0 rings (SSSR count). The Labute approximate surface area is 199 Å². The summed E-state index contributed by atoms with van der Waals surface area (Å²) >= 11 is 0. The van der Waals surface area contributed by atoms with E-state index < -0.39 is 12.1 Å². The maximum Gasteiger partial charge on any atom is 0.345 e. The molecule has 0 saturated carbocycles. The van der Waals surface area contributed by atoms with Crippen LogP contribution in [0.1, 0.15) is 162 Å². The van der Waals surface area contributed by atoms with E-state index in [0.717, 1.165) is 38.5 Å². The number of aliphatic carboxylic acids is 1. The molecular formula is C28H54O4. The molecule has 0 spiro atoms. The Balaban J connectivity index is 3.60. The number of hydrogen-bond donors (Lipinski definition) is 1. The van der Waals surface area contributed by atoms with Crippen molar-refractivity contribution >= 4 is 11.9 Å². The van der Waals surface area contributed by atoms with Crippen molar-refractivity contribution in [3.05, 3.63) is 0 Å². The zero-order valence-electron chi connectivity index (χ0n) is 21.5. The molecule has 0 radical (unpaired) electrons. The molecule has 0 aromatic rings. The second-order valence-electron chi connectivity index (χ2n) is 9.57. The molecule has 190 valence electrons. The zero-order chi connectivity index (χ0) is 23.7. The second-order valence-corrected chi connectivity index (χ2v) is 9.57. The normalized spacial score (nSPS) is 12.1. The molecule has 0 amide bonds. The van der Waals surface area contributed by atoms with Gasteiger partial charge in [-0.25, -0.2) is 4.79 Å². The van der Waals surface area contributed by atoms with E-state index in [1.807, 2.05) is 0 Å². The summed E-state index contributed by atoms with van der Waals surface area (Å²) in [5.41, 5.74) is 0. The number of unbranched alkanes of at least 4 members (excludes halogenated alkanes) is 19. The predicted octanol–water partition coefficient (Wildman–Crippen LogP) is 8.99. The van der Waals surface area contributed by atoms with Crippen LogP contribution in [-0.2, 0) is 14.3 Å². The molecule has 1 atom stereocenters. The summed E-state index contributed by atoms with van der Waals surface area (Å²) in [5, 5.41) is 9.35. The molecule has 0 fully saturated rings. The average Bonchev–Trinajstić information content (AvgIpc) is 2.77. The summed E-state index contributed by atoms with van der Waals surface area (Å²) in [4.78, 5) is 23.4. The molecule has 0 aromatic carbocycles. The van der Waals surface area contributed by atoms with Crippen LogP contribution < -0.4 is 0 Å². The summed E-state index contributed by atoms with van der Waals surface area (Å²) < 4.78 is 5.25. The molecule has 1 N–H and O–H groups in total. The Morgan fingerprint density at radius 3 is 1.28 bits per heavy atom. The standard InChI is InChI=1S/C28H54O4/c1-3-5-7-9-11-13-14-15-17-18-20-22-24-26(28(30)31)32-27(29)25-23-21-19-16-12-10-8-6-4-2/h26H,3-25H2,1-2H3,(H,30,31)/t26-/m0/s1. The lowest BCUT2D eigenvalue weighted by atomic mass is 10.0. The van der Waals surface area contributed by atoms with Gasteiger partial charge in [0.15, 0.2) is 6.10 Å².